The topological polar surface area (TPSA) is 66.6 Å². The van der Waals surface area contributed by atoms with E-state index in [1.54, 1.807) is 11.3 Å². The van der Waals surface area contributed by atoms with Gasteiger partial charge in [-0.1, -0.05) is 18.2 Å². The predicted molar refractivity (Wildman–Crippen MR) is 104 cm³/mol. The van der Waals surface area contributed by atoms with Gasteiger partial charge in [-0.3, -0.25) is 9.59 Å². The van der Waals surface area contributed by atoms with Crippen LogP contribution in [0, 0.1) is 12.8 Å². The van der Waals surface area contributed by atoms with Gasteiger partial charge in [-0.25, -0.2) is 0 Å². The number of rotatable bonds is 2. The highest BCUT2D eigenvalue weighted by Crippen LogP contribution is 2.32. The van der Waals surface area contributed by atoms with Crippen LogP contribution in [-0.4, -0.2) is 53.8 Å². The zero-order valence-corrected chi connectivity index (χ0v) is 15.9. The third-order valence-corrected chi connectivity index (χ3v) is 7.00. The highest BCUT2D eigenvalue weighted by molar-refractivity contribution is 7.21. The summed E-state index contributed by atoms with van der Waals surface area (Å²) < 4.78 is 1.15. The molecule has 6 heteroatoms. The van der Waals surface area contributed by atoms with Crippen molar-refractivity contribution in [3.8, 4) is 0 Å². The van der Waals surface area contributed by atoms with Gasteiger partial charge in [0.2, 0.25) is 5.91 Å². The average molecular weight is 372 g/mol. The number of nitrogens with zero attached hydrogens (tertiary/aromatic N) is 2. The number of benzene rings is 1. The van der Waals surface area contributed by atoms with Crippen LogP contribution in [0.5, 0.6) is 0 Å². The second-order valence-corrected chi connectivity index (χ2v) is 8.49. The minimum Gasteiger partial charge on any atom is -0.339 e. The molecule has 2 heterocycles. The van der Waals surface area contributed by atoms with Crippen LogP contribution in [0.25, 0.3) is 10.1 Å². The first-order valence-corrected chi connectivity index (χ1v) is 10.2. The van der Waals surface area contributed by atoms with E-state index in [0.29, 0.717) is 26.2 Å². The van der Waals surface area contributed by atoms with Gasteiger partial charge in [0.05, 0.1) is 4.88 Å². The largest absolute Gasteiger partial charge is 0.339 e. The molecule has 2 unspecified atom stereocenters. The van der Waals surface area contributed by atoms with Gasteiger partial charge >= 0.3 is 0 Å². The van der Waals surface area contributed by atoms with Crippen LogP contribution in [0.2, 0.25) is 0 Å². The number of carbonyl (C=O) groups is 2. The molecule has 0 radical (unpaired) electrons. The maximum absolute atomic E-state index is 13.0. The van der Waals surface area contributed by atoms with E-state index >= 15 is 0 Å². The van der Waals surface area contributed by atoms with Crippen molar-refractivity contribution in [3.05, 3.63) is 34.7 Å². The van der Waals surface area contributed by atoms with Gasteiger partial charge in [0, 0.05) is 42.8 Å². The smallest absolute Gasteiger partial charge is 0.264 e. The van der Waals surface area contributed by atoms with Crippen LogP contribution in [0.15, 0.2) is 24.3 Å². The summed E-state index contributed by atoms with van der Waals surface area (Å²) in [6.07, 6.45) is 2.65. The normalized spacial score (nSPS) is 23.6. The first-order chi connectivity index (χ1) is 12.5. The molecular formula is C20H25N3O2S. The number of hydrogen-bond donors (Lipinski definition) is 1. The number of fused-ring (bicyclic) bond motifs is 1. The zero-order chi connectivity index (χ0) is 18.3. The summed E-state index contributed by atoms with van der Waals surface area (Å²) in [5.74, 6) is 0.402. The molecule has 2 atom stereocenters. The Bertz CT molecular complexity index is 839. The van der Waals surface area contributed by atoms with Crippen molar-refractivity contribution in [3.63, 3.8) is 0 Å². The molecule has 26 heavy (non-hydrogen) atoms. The number of aryl methyl sites for hydroxylation is 1. The lowest BCUT2D eigenvalue weighted by atomic mass is 10.1. The quantitative estimate of drug-likeness (QED) is 0.882. The van der Waals surface area contributed by atoms with Gasteiger partial charge in [0.1, 0.15) is 0 Å². The van der Waals surface area contributed by atoms with Crippen molar-refractivity contribution < 1.29 is 9.59 Å². The highest BCUT2D eigenvalue weighted by atomic mass is 32.1. The summed E-state index contributed by atoms with van der Waals surface area (Å²) in [5, 5.41) is 1.16. The van der Waals surface area contributed by atoms with Crippen molar-refractivity contribution in [2.75, 3.05) is 26.2 Å². The molecule has 138 valence electrons. The van der Waals surface area contributed by atoms with E-state index in [4.69, 9.17) is 5.73 Å². The maximum Gasteiger partial charge on any atom is 0.264 e. The number of nitrogens with two attached hydrogens (primary N) is 1. The molecule has 1 aromatic carbocycles. The SMILES string of the molecule is Cc1c(C(=O)N2CCN(C(=O)C3CCC(N)C3)CC2)sc2ccccc12. The van der Waals surface area contributed by atoms with E-state index in [1.165, 1.54) is 0 Å². The standard InChI is InChI=1S/C20H25N3O2S/c1-13-16-4-2-3-5-17(16)26-18(13)20(25)23-10-8-22(9-11-23)19(24)14-6-7-15(21)12-14/h2-5,14-15H,6-12,21H2,1H3. The molecule has 1 aromatic heterocycles. The van der Waals surface area contributed by atoms with Crippen molar-refractivity contribution in [2.24, 2.45) is 11.7 Å². The van der Waals surface area contributed by atoms with Crippen LogP contribution < -0.4 is 5.73 Å². The van der Waals surface area contributed by atoms with Crippen LogP contribution in [0.4, 0.5) is 0 Å². The van der Waals surface area contributed by atoms with Crippen LogP contribution in [-0.2, 0) is 4.79 Å². The second-order valence-electron chi connectivity index (χ2n) is 7.44. The molecule has 2 N–H and O–H groups in total. The van der Waals surface area contributed by atoms with Gasteiger partial charge < -0.3 is 15.5 Å². The number of amides is 2. The number of carbonyl (C=O) groups excluding carboxylic acids is 2. The van der Waals surface area contributed by atoms with E-state index < -0.39 is 0 Å². The fraction of sp³-hybridized carbons (Fsp3) is 0.500. The Morgan fingerprint density at radius 3 is 2.42 bits per heavy atom. The number of thiophene rings is 1. The average Bonchev–Trinajstić information content (AvgIpc) is 3.25. The van der Waals surface area contributed by atoms with Gasteiger partial charge in [0.15, 0.2) is 0 Å². The fourth-order valence-electron chi connectivity index (χ4n) is 4.15. The molecule has 0 spiro atoms. The molecule has 4 rings (SSSR count). The summed E-state index contributed by atoms with van der Waals surface area (Å²) in [5.41, 5.74) is 7.01. The second kappa shape index (κ2) is 7.00. The van der Waals surface area contributed by atoms with E-state index in [2.05, 4.69) is 12.1 Å². The van der Waals surface area contributed by atoms with Crippen LogP contribution in [0.1, 0.15) is 34.5 Å². The highest BCUT2D eigenvalue weighted by Gasteiger charge is 2.33. The summed E-state index contributed by atoms with van der Waals surface area (Å²) in [7, 11) is 0. The lowest BCUT2D eigenvalue weighted by molar-refractivity contribution is -0.136. The van der Waals surface area contributed by atoms with Crippen molar-refractivity contribution in [2.45, 2.75) is 32.2 Å². The van der Waals surface area contributed by atoms with E-state index in [0.717, 1.165) is 39.8 Å². The Kier molecular flexibility index (Phi) is 4.71. The first kappa shape index (κ1) is 17.5. The van der Waals surface area contributed by atoms with Gasteiger partial charge in [-0.2, -0.15) is 0 Å². The third kappa shape index (κ3) is 3.12. The van der Waals surface area contributed by atoms with Gasteiger partial charge in [0.25, 0.3) is 5.91 Å². The molecule has 2 fully saturated rings. The first-order valence-electron chi connectivity index (χ1n) is 9.36. The summed E-state index contributed by atoms with van der Waals surface area (Å²) >= 11 is 1.57. The van der Waals surface area contributed by atoms with Crippen LogP contribution in [0.3, 0.4) is 0 Å². The molecule has 1 saturated heterocycles. The lowest BCUT2D eigenvalue weighted by Gasteiger charge is -2.36. The molecule has 5 nitrogen and oxygen atoms in total. The number of piperazine rings is 1. The fourth-order valence-corrected chi connectivity index (χ4v) is 5.33. The Morgan fingerprint density at radius 2 is 1.77 bits per heavy atom. The molecule has 1 aliphatic heterocycles. The van der Waals surface area contributed by atoms with E-state index in [1.807, 2.05) is 28.9 Å². The molecular weight excluding hydrogens is 346 g/mol. The Hall–Kier alpha value is -1.92. The predicted octanol–water partition coefficient (Wildman–Crippen LogP) is 2.62. The Balaban J connectivity index is 1.42. The van der Waals surface area contributed by atoms with Crippen molar-refractivity contribution >= 4 is 33.2 Å². The maximum atomic E-state index is 13.0. The minimum absolute atomic E-state index is 0.0806. The zero-order valence-electron chi connectivity index (χ0n) is 15.1. The molecule has 2 amide bonds. The van der Waals surface area contributed by atoms with Gasteiger partial charge in [-0.15, -0.1) is 11.3 Å². The summed E-state index contributed by atoms with van der Waals surface area (Å²) in [6, 6.07) is 8.32. The van der Waals surface area contributed by atoms with Gasteiger partial charge in [-0.05, 0) is 43.2 Å². The van der Waals surface area contributed by atoms with E-state index in [9.17, 15) is 9.59 Å². The Morgan fingerprint density at radius 1 is 1.08 bits per heavy atom. The molecule has 1 saturated carbocycles. The lowest BCUT2D eigenvalue weighted by Crippen LogP contribution is -2.51. The minimum atomic E-state index is 0.0806. The molecule has 2 aliphatic rings. The van der Waals surface area contributed by atoms with E-state index in [-0.39, 0.29) is 23.8 Å². The molecule has 2 aromatic rings. The van der Waals surface area contributed by atoms with Crippen molar-refractivity contribution in [1.82, 2.24) is 9.80 Å². The molecule has 1 aliphatic carbocycles. The van der Waals surface area contributed by atoms with Crippen molar-refractivity contribution in [1.29, 1.82) is 0 Å². The monoisotopic (exact) mass is 371 g/mol. The van der Waals surface area contributed by atoms with Crippen LogP contribution >= 0.6 is 11.3 Å². The number of hydrogen-bond acceptors (Lipinski definition) is 4. The summed E-state index contributed by atoms with van der Waals surface area (Å²) in [4.78, 5) is 30.3. The molecule has 0 bridgehead atoms. The Labute approximate surface area is 157 Å². The third-order valence-electron chi connectivity index (χ3n) is 5.74. The summed E-state index contributed by atoms with van der Waals surface area (Å²) in [6.45, 7) is 4.49.